The average molecular weight is 440 g/mol. The van der Waals surface area contributed by atoms with E-state index in [1.807, 2.05) is 12.1 Å². The lowest BCUT2D eigenvalue weighted by Crippen LogP contribution is -2.53. The molecule has 1 aromatic heterocycles. The van der Waals surface area contributed by atoms with Crippen LogP contribution in [-0.2, 0) is 4.79 Å². The van der Waals surface area contributed by atoms with Crippen LogP contribution in [0.1, 0.15) is 54.3 Å². The zero-order valence-electron chi connectivity index (χ0n) is 19.0. The molecule has 0 bridgehead atoms. The van der Waals surface area contributed by atoms with Gasteiger partial charge in [-0.1, -0.05) is 12.1 Å². The van der Waals surface area contributed by atoms with E-state index in [9.17, 15) is 9.59 Å². The molecule has 0 radical (unpaired) electrons. The third-order valence-corrected chi connectivity index (χ3v) is 6.80. The second kappa shape index (κ2) is 10.2. The predicted molar refractivity (Wildman–Crippen MR) is 121 cm³/mol. The molecule has 2 fully saturated rings. The van der Waals surface area contributed by atoms with Gasteiger partial charge in [0, 0.05) is 19.1 Å². The highest BCUT2D eigenvalue weighted by atomic mass is 16.5. The summed E-state index contributed by atoms with van der Waals surface area (Å²) in [6.45, 7) is 2.21. The Morgan fingerprint density at radius 3 is 2.62 bits per heavy atom. The van der Waals surface area contributed by atoms with Gasteiger partial charge in [-0.15, -0.1) is 0 Å². The number of likely N-dealkylation sites (tertiary alicyclic amines) is 2. The monoisotopic (exact) mass is 439 g/mol. The van der Waals surface area contributed by atoms with Crippen LogP contribution in [0, 0.1) is 5.92 Å². The van der Waals surface area contributed by atoms with E-state index < -0.39 is 6.04 Å². The van der Waals surface area contributed by atoms with Gasteiger partial charge >= 0.3 is 0 Å². The van der Waals surface area contributed by atoms with E-state index in [1.165, 1.54) is 11.8 Å². The van der Waals surface area contributed by atoms with Gasteiger partial charge in [-0.25, -0.2) is 0 Å². The SMILES string of the molecule is COc1ccc(C2C(CNC(=O)C3CCCCN3C(=O)c3ccco3)CCCN2C)cc1. The summed E-state index contributed by atoms with van der Waals surface area (Å²) in [4.78, 5) is 30.1. The van der Waals surface area contributed by atoms with E-state index in [2.05, 4.69) is 29.4 Å². The molecule has 1 N–H and O–H groups in total. The number of furan rings is 1. The van der Waals surface area contributed by atoms with E-state index in [0.29, 0.717) is 25.4 Å². The number of rotatable bonds is 6. The van der Waals surface area contributed by atoms with Gasteiger partial charge in [0.15, 0.2) is 5.76 Å². The highest BCUT2D eigenvalue weighted by molar-refractivity contribution is 5.95. The first-order valence-corrected chi connectivity index (χ1v) is 11.5. The van der Waals surface area contributed by atoms with Gasteiger partial charge in [-0.2, -0.15) is 0 Å². The molecule has 2 aliphatic rings. The molecule has 7 heteroatoms. The van der Waals surface area contributed by atoms with E-state index in [-0.39, 0.29) is 23.6 Å². The maximum absolute atomic E-state index is 13.2. The zero-order valence-corrected chi connectivity index (χ0v) is 19.0. The molecule has 7 nitrogen and oxygen atoms in total. The Hall–Kier alpha value is -2.80. The lowest BCUT2D eigenvalue weighted by molar-refractivity contribution is -0.127. The molecule has 0 spiro atoms. The summed E-state index contributed by atoms with van der Waals surface area (Å²) >= 11 is 0. The second-order valence-corrected chi connectivity index (χ2v) is 8.83. The lowest BCUT2D eigenvalue weighted by atomic mass is 9.84. The molecule has 4 rings (SSSR count). The third-order valence-electron chi connectivity index (χ3n) is 6.80. The first kappa shape index (κ1) is 22.4. The third kappa shape index (κ3) is 4.83. The Labute approximate surface area is 189 Å². The fourth-order valence-electron chi connectivity index (χ4n) is 5.14. The number of nitrogens with zero attached hydrogens (tertiary/aromatic N) is 2. The Kier molecular flexibility index (Phi) is 7.15. The van der Waals surface area contributed by atoms with Gasteiger partial charge in [0.05, 0.1) is 13.4 Å². The molecule has 0 aliphatic carbocycles. The van der Waals surface area contributed by atoms with Crippen LogP contribution in [0.3, 0.4) is 0 Å². The van der Waals surface area contributed by atoms with Gasteiger partial charge in [0.1, 0.15) is 11.8 Å². The number of hydrogen-bond acceptors (Lipinski definition) is 5. The molecule has 2 aromatic rings. The van der Waals surface area contributed by atoms with E-state index >= 15 is 0 Å². The molecule has 3 heterocycles. The van der Waals surface area contributed by atoms with Crippen molar-refractivity contribution in [2.75, 3.05) is 33.8 Å². The van der Waals surface area contributed by atoms with E-state index in [4.69, 9.17) is 9.15 Å². The number of carbonyl (C=O) groups excluding carboxylic acids is 2. The highest BCUT2D eigenvalue weighted by Crippen LogP contribution is 2.35. The summed E-state index contributed by atoms with van der Waals surface area (Å²) in [6.07, 6.45) is 6.19. The lowest BCUT2D eigenvalue weighted by Gasteiger charge is -2.40. The zero-order chi connectivity index (χ0) is 22.5. The average Bonchev–Trinajstić information content (AvgIpc) is 3.37. The molecule has 2 aliphatic heterocycles. The number of nitrogens with one attached hydrogen (secondary N) is 1. The predicted octanol–water partition coefficient (Wildman–Crippen LogP) is 3.48. The van der Waals surface area contributed by atoms with Crippen molar-refractivity contribution in [1.29, 1.82) is 0 Å². The van der Waals surface area contributed by atoms with Crippen molar-refractivity contribution >= 4 is 11.8 Å². The summed E-state index contributed by atoms with van der Waals surface area (Å²) in [7, 11) is 3.82. The van der Waals surface area contributed by atoms with Crippen LogP contribution in [0.5, 0.6) is 5.75 Å². The number of ether oxygens (including phenoxy) is 1. The van der Waals surface area contributed by atoms with Gasteiger partial charge in [-0.05, 0) is 81.4 Å². The van der Waals surface area contributed by atoms with Crippen LogP contribution >= 0.6 is 0 Å². The Morgan fingerprint density at radius 2 is 1.91 bits per heavy atom. The van der Waals surface area contributed by atoms with Crippen molar-refractivity contribution in [3.8, 4) is 5.75 Å². The topological polar surface area (TPSA) is 75.0 Å². The minimum absolute atomic E-state index is 0.0636. The fraction of sp³-hybridized carbons (Fsp3) is 0.520. The first-order valence-electron chi connectivity index (χ1n) is 11.5. The number of carbonyl (C=O) groups is 2. The molecular weight excluding hydrogens is 406 g/mol. The summed E-state index contributed by atoms with van der Waals surface area (Å²) < 4.78 is 10.6. The normalized spacial score (nSPS) is 24.2. The molecule has 32 heavy (non-hydrogen) atoms. The largest absolute Gasteiger partial charge is 0.497 e. The Balaban J connectivity index is 1.43. The number of hydrogen-bond donors (Lipinski definition) is 1. The van der Waals surface area contributed by atoms with Crippen LogP contribution in [0.4, 0.5) is 0 Å². The standard InChI is InChI=1S/C25H33N3O4/c1-27-14-5-7-19(23(27)18-10-12-20(31-2)13-11-18)17-26-24(29)21-8-3-4-15-28(21)25(30)22-9-6-16-32-22/h6,9-13,16,19,21,23H,3-5,7-8,14-15,17H2,1-2H3,(H,26,29). The number of benzene rings is 1. The number of methoxy groups -OCH3 is 1. The number of amides is 2. The molecule has 172 valence electrons. The molecule has 0 saturated carbocycles. The first-order chi connectivity index (χ1) is 15.6. The van der Waals surface area contributed by atoms with Crippen molar-refractivity contribution in [3.05, 3.63) is 54.0 Å². The van der Waals surface area contributed by atoms with Crippen molar-refractivity contribution in [2.24, 2.45) is 5.92 Å². The summed E-state index contributed by atoms with van der Waals surface area (Å²) in [5.74, 6) is 1.17. The molecule has 3 unspecified atom stereocenters. The summed E-state index contributed by atoms with van der Waals surface area (Å²) in [5.41, 5.74) is 1.24. The molecular formula is C25H33N3O4. The van der Waals surface area contributed by atoms with Crippen LogP contribution in [-0.4, -0.2) is 61.4 Å². The van der Waals surface area contributed by atoms with Gasteiger partial charge in [0.2, 0.25) is 5.91 Å². The molecule has 1 aromatic carbocycles. The van der Waals surface area contributed by atoms with Crippen molar-refractivity contribution < 1.29 is 18.7 Å². The second-order valence-electron chi connectivity index (χ2n) is 8.83. The molecule has 3 atom stereocenters. The van der Waals surface area contributed by atoms with E-state index in [0.717, 1.165) is 38.0 Å². The summed E-state index contributed by atoms with van der Waals surface area (Å²) in [6, 6.07) is 11.4. The minimum atomic E-state index is -0.442. The Bertz CT molecular complexity index is 896. The quantitative estimate of drug-likeness (QED) is 0.746. The maximum atomic E-state index is 13.2. The van der Waals surface area contributed by atoms with Crippen LogP contribution < -0.4 is 10.1 Å². The van der Waals surface area contributed by atoms with Gasteiger partial charge < -0.3 is 19.4 Å². The minimum Gasteiger partial charge on any atom is -0.497 e. The van der Waals surface area contributed by atoms with Crippen molar-refractivity contribution in [3.63, 3.8) is 0 Å². The Morgan fingerprint density at radius 1 is 1.09 bits per heavy atom. The number of piperidine rings is 2. The molecule has 2 amide bonds. The highest BCUT2D eigenvalue weighted by Gasteiger charge is 2.35. The fourth-order valence-corrected chi connectivity index (χ4v) is 5.14. The summed E-state index contributed by atoms with van der Waals surface area (Å²) in [5, 5.41) is 3.18. The smallest absolute Gasteiger partial charge is 0.290 e. The van der Waals surface area contributed by atoms with Gasteiger partial charge in [-0.3, -0.25) is 14.5 Å². The van der Waals surface area contributed by atoms with Crippen LogP contribution in [0.15, 0.2) is 47.1 Å². The van der Waals surface area contributed by atoms with Gasteiger partial charge in [0.25, 0.3) is 5.91 Å². The maximum Gasteiger partial charge on any atom is 0.290 e. The molecule has 2 saturated heterocycles. The van der Waals surface area contributed by atoms with Crippen molar-refractivity contribution in [1.82, 2.24) is 15.1 Å². The van der Waals surface area contributed by atoms with Crippen molar-refractivity contribution in [2.45, 2.75) is 44.2 Å². The van der Waals surface area contributed by atoms with Crippen LogP contribution in [0.2, 0.25) is 0 Å². The van der Waals surface area contributed by atoms with E-state index in [1.54, 1.807) is 24.1 Å². The van der Waals surface area contributed by atoms with Crippen LogP contribution in [0.25, 0.3) is 0 Å².